The molecule has 1 aromatic heterocycles. The zero-order chi connectivity index (χ0) is 14.7. The van der Waals surface area contributed by atoms with Gasteiger partial charge in [-0.25, -0.2) is 4.98 Å². The molecule has 6 heteroatoms. The van der Waals surface area contributed by atoms with Crippen LogP contribution in [0.2, 0.25) is 0 Å². The summed E-state index contributed by atoms with van der Waals surface area (Å²) in [5, 5.41) is 3.77. The number of anilines is 1. The van der Waals surface area contributed by atoms with Crippen LogP contribution in [-0.2, 0) is 27.3 Å². The van der Waals surface area contributed by atoms with Gasteiger partial charge in [0.15, 0.2) is 5.13 Å². The molecule has 116 valence electrons. The molecule has 1 aliphatic heterocycles. The molecule has 3 rings (SSSR count). The summed E-state index contributed by atoms with van der Waals surface area (Å²) in [5.74, 6) is 0.115. The number of nitrogens with one attached hydrogen (secondary N) is 1. The molecule has 1 amide bonds. The van der Waals surface area contributed by atoms with Crippen molar-refractivity contribution in [1.29, 1.82) is 0 Å². The Morgan fingerprint density at radius 1 is 1.48 bits per heavy atom. The average Bonchev–Trinajstić information content (AvgIpc) is 3.12. The van der Waals surface area contributed by atoms with Gasteiger partial charge in [-0.1, -0.05) is 24.2 Å². The fraction of sp³-hybridized carbons (Fsp3) is 0.733. The van der Waals surface area contributed by atoms with E-state index >= 15 is 0 Å². The number of carbonyl (C=O) groups excluding carboxylic acids is 1. The number of hydrogen-bond acceptors (Lipinski definition) is 5. The topological polar surface area (TPSA) is 60.5 Å². The first kappa shape index (κ1) is 14.9. The molecule has 0 unspecified atom stereocenters. The van der Waals surface area contributed by atoms with E-state index in [1.165, 1.54) is 0 Å². The Morgan fingerprint density at radius 3 is 3.00 bits per heavy atom. The van der Waals surface area contributed by atoms with Crippen LogP contribution in [0.15, 0.2) is 0 Å². The number of methoxy groups -OCH3 is 1. The SMILES string of the molecule is COCCC1(C(=O)Nc2nc3c(s2)COCC3)CCCC1. The third-order valence-corrected chi connectivity index (χ3v) is 5.53. The van der Waals surface area contributed by atoms with E-state index in [4.69, 9.17) is 9.47 Å². The Kier molecular flexibility index (Phi) is 4.57. The number of nitrogens with zero attached hydrogens (tertiary/aromatic N) is 1. The third kappa shape index (κ3) is 3.12. The Labute approximate surface area is 129 Å². The zero-order valence-corrected chi connectivity index (χ0v) is 13.3. The second-order valence-corrected chi connectivity index (χ2v) is 6.96. The van der Waals surface area contributed by atoms with Gasteiger partial charge in [-0.3, -0.25) is 4.79 Å². The predicted octanol–water partition coefficient (Wildman–Crippen LogP) is 2.75. The predicted molar refractivity (Wildman–Crippen MR) is 81.5 cm³/mol. The zero-order valence-electron chi connectivity index (χ0n) is 12.4. The summed E-state index contributed by atoms with van der Waals surface area (Å²) >= 11 is 1.55. The van der Waals surface area contributed by atoms with E-state index < -0.39 is 0 Å². The van der Waals surface area contributed by atoms with Crippen molar-refractivity contribution in [3.8, 4) is 0 Å². The highest BCUT2D eigenvalue weighted by molar-refractivity contribution is 7.15. The lowest BCUT2D eigenvalue weighted by Gasteiger charge is -2.26. The molecule has 0 bridgehead atoms. The molecule has 2 heterocycles. The minimum atomic E-state index is -0.265. The highest BCUT2D eigenvalue weighted by Crippen LogP contribution is 2.42. The molecule has 0 aromatic carbocycles. The van der Waals surface area contributed by atoms with Gasteiger partial charge in [0.1, 0.15) is 0 Å². The number of aromatic nitrogens is 1. The first-order valence-corrected chi connectivity index (χ1v) is 8.42. The van der Waals surface area contributed by atoms with E-state index in [0.717, 1.165) is 60.8 Å². The van der Waals surface area contributed by atoms with Crippen LogP contribution in [0.4, 0.5) is 5.13 Å². The van der Waals surface area contributed by atoms with Gasteiger partial charge < -0.3 is 14.8 Å². The van der Waals surface area contributed by atoms with Crippen LogP contribution >= 0.6 is 11.3 Å². The summed E-state index contributed by atoms with van der Waals surface area (Å²) in [6, 6.07) is 0. The summed E-state index contributed by atoms with van der Waals surface area (Å²) < 4.78 is 10.6. The number of amides is 1. The number of thiazole rings is 1. The van der Waals surface area contributed by atoms with Crippen molar-refractivity contribution >= 4 is 22.4 Å². The van der Waals surface area contributed by atoms with E-state index in [1.54, 1.807) is 18.4 Å². The molecule has 1 saturated carbocycles. The van der Waals surface area contributed by atoms with Crippen LogP contribution < -0.4 is 5.32 Å². The number of hydrogen-bond donors (Lipinski definition) is 1. The van der Waals surface area contributed by atoms with Crippen molar-refractivity contribution in [3.63, 3.8) is 0 Å². The van der Waals surface area contributed by atoms with Crippen LogP contribution in [0.3, 0.4) is 0 Å². The number of fused-ring (bicyclic) bond motifs is 1. The van der Waals surface area contributed by atoms with Gasteiger partial charge in [0.25, 0.3) is 0 Å². The van der Waals surface area contributed by atoms with Crippen LogP contribution in [0, 0.1) is 5.41 Å². The third-order valence-electron chi connectivity index (χ3n) is 4.54. The quantitative estimate of drug-likeness (QED) is 0.908. The molecule has 2 aliphatic rings. The van der Waals surface area contributed by atoms with E-state index in [-0.39, 0.29) is 11.3 Å². The van der Waals surface area contributed by atoms with Gasteiger partial charge in [0.2, 0.25) is 5.91 Å². The molecule has 1 N–H and O–H groups in total. The van der Waals surface area contributed by atoms with E-state index in [9.17, 15) is 4.79 Å². The van der Waals surface area contributed by atoms with Crippen LogP contribution in [0.25, 0.3) is 0 Å². The second kappa shape index (κ2) is 6.42. The molecule has 1 aliphatic carbocycles. The summed E-state index contributed by atoms with van der Waals surface area (Å²) in [4.78, 5) is 18.4. The van der Waals surface area contributed by atoms with Crippen molar-refractivity contribution in [2.45, 2.75) is 45.1 Å². The summed E-state index contributed by atoms with van der Waals surface area (Å²) in [6.07, 6.45) is 5.80. The van der Waals surface area contributed by atoms with Crippen molar-refractivity contribution in [1.82, 2.24) is 4.98 Å². The minimum Gasteiger partial charge on any atom is -0.385 e. The molecule has 5 nitrogen and oxygen atoms in total. The van der Waals surface area contributed by atoms with Crippen molar-refractivity contribution < 1.29 is 14.3 Å². The molecule has 1 fully saturated rings. The van der Waals surface area contributed by atoms with E-state index in [1.807, 2.05) is 0 Å². The molecule has 21 heavy (non-hydrogen) atoms. The Balaban J connectivity index is 1.70. The Hall–Kier alpha value is -0.980. The first-order chi connectivity index (χ1) is 10.2. The summed E-state index contributed by atoms with van der Waals surface area (Å²) in [6.45, 7) is 1.98. The van der Waals surface area contributed by atoms with Gasteiger partial charge in [-0.2, -0.15) is 0 Å². The molecule has 0 saturated heterocycles. The highest BCUT2D eigenvalue weighted by atomic mass is 32.1. The Morgan fingerprint density at radius 2 is 2.29 bits per heavy atom. The van der Waals surface area contributed by atoms with E-state index in [0.29, 0.717) is 13.2 Å². The molecular weight excluding hydrogens is 288 g/mol. The van der Waals surface area contributed by atoms with E-state index in [2.05, 4.69) is 10.3 Å². The number of ether oxygens (including phenoxy) is 2. The monoisotopic (exact) mass is 310 g/mol. The molecule has 0 spiro atoms. The van der Waals surface area contributed by atoms with Crippen LogP contribution in [0.1, 0.15) is 42.7 Å². The van der Waals surface area contributed by atoms with Crippen molar-refractivity contribution in [2.24, 2.45) is 5.41 Å². The molecule has 0 atom stereocenters. The normalized spacial score (nSPS) is 20.2. The van der Waals surface area contributed by atoms with Gasteiger partial charge >= 0.3 is 0 Å². The standard InChI is InChI=1S/C15H22N2O3S/c1-19-9-7-15(5-2-3-6-15)13(18)17-14-16-11-4-8-20-10-12(11)21-14/h2-10H2,1H3,(H,16,17,18). The van der Waals surface area contributed by atoms with Crippen molar-refractivity contribution in [3.05, 3.63) is 10.6 Å². The van der Waals surface area contributed by atoms with Crippen LogP contribution in [0.5, 0.6) is 0 Å². The van der Waals surface area contributed by atoms with Gasteiger partial charge in [-0.05, 0) is 19.3 Å². The first-order valence-electron chi connectivity index (χ1n) is 7.60. The van der Waals surface area contributed by atoms with Gasteiger partial charge in [-0.15, -0.1) is 0 Å². The Bertz CT molecular complexity index is 486. The maximum absolute atomic E-state index is 12.7. The maximum Gasteiger partial charge on any atom is 0.232 e. The maximum atomic E-state index is 12.7. The second-order valence-electron chi connectivity index (χ2n) is 5.88. The minimum absolute atomic E-state index is 0.115. The average molecular weight is 310 g/mol. The fourth-order valence-electron chi connectivity index (χ4n) is 3.25. The smallest absolute Gasteiger partial charge is 0.232 e. The lowest BCUT2D eigenvalue weighted by atomic mass is 9.82. The molecule has 0 radical (unpaired) electrons. The molecule has 1 aromatic rings. The lowest BCUT2D eigenvalue weighted by Crippen LogP contribution is -2.34. The number of rotatable bonds is 5. The van der Waals surface area contributed by atoms with Gasteiger partial charge in [0.05, 0.1) is 29.2 Å². The van der Waals surface area contributed by atoms with Crippen molar-refractivity contribution in [2.75, 3.05) is 25.6 Å². The number of carbonyl (C=O) groups is 1. The highest BCUT2D eigenvalue weighted by Gasteiger charge is 2.41. The summed E-state index contributed by atoms with van der Waals surface area (Å²) in [7, 11) is 1.69. The molecular formula is C15H22N2O3S. The summed E-state index contributed by atoms with van der Waals surface area (Å²) in [5.41, 5.74) is 0.817. The fourth-order valence-corrected chi connectivity index (χ4v) is 4.19. The van der Waals surface area contributed by atoms with Crippen LogP contribution in [-0.4, -0.2) is 31.2 Å². The lowest BCUT2D eigenvalue weighted by molar-refractivity contribution is -0.126. The largest absolute Gasteiger partial charge is 0.385 e. The van der Waals surface area contributed by atoms with Gasteiger partial charge in [0, 0.05) is 20.1 Å².